The second-order valence-electron chi connectivity index (χ2n) is 4.30. The second-order valence-corrected chi connectivity index (χ2v) is 4.30. The van der Waals surface area contributed by atoms with E-state index in [1.54, 1.807) is 12.1 Å². The zero-order chi connectivity index (χ0) is 13.0. The number of piperazine rings is 1. The van der Waals surface area contributed by atoms with Gasteiger partial charge in [-0.1, -0.05) is 12.1 Å². The maximum atomic E-state index is 13.2. The average Bonchev–Trinajstić information content (AvgIpc) is 2.41. The van der Waals surface area contributed by atoms with Gasteiger partial charge < -0.3 is 5.32 Å². The second kappa shape index (κ2) is 5.88. The predicted octanol–water partition coefficient (Wildman–Crippen LogP) is 1.51. The molecule has 1 fully saturated rings. The third-order valence-corrected chi connectivity index (χ3v) is 3.23. The molecule has 1 aliphatic heterocycles. The molecule has 98 valence electrons. The van der Waals surface area contributed by atoms with Crippen molar-refractivity contribution in [3.05, 3.63) is 39.9 Å². The van der Waals surface area contributed by atoms with Gasteiger partial charge in [0.2, 0.25) is 0 Å². The van der Waals surface area contributed by atoms with Crippen LogP contribution in [0.2, 0.25) is 0 Å². The molecule has 1 aliphatic rings. The molecule has 1 aromatic rings. The zero-order valence-electron chi connectivity index (χ0n) is 10.0. The standard InChI is InChI=1S/C12H16FN3O2/c13-9-12(15-7-5-14-6-8-15)10-1-3-11(4-2-10)16(17)18/h1-4,12,14H,5-9H2/t12-/m0/s1. The molecule has 0 aliphatic carbocycles. The largest absolute Gasteiger partial charge is 0.314 e. The number of alkyl halides is 1. The Bertz CT molecular complexity index is 404. The van der Waals surface area contributed by atoms with Gasteiger partial charge in [-0.25, -0.2) is 4.39 Å². The number of benzene rings is 1. The van der Waals surface area contributed by atoms with Crippen molar-refractivity contribution in [2.24, 2.45) is 0 Å². The van der Waals surface area contributed by atoms with Crippen LogP contribution >= 0.6 is 0 Å². The van der Waals surface area contributed by atoms with E-state index < -0.39 is 11.6 Å². The van der Waals surface area contributed by atoms with Gasteiger partial charge in [-0.05, 0) is 5.56 Å². The summed E-state index contributed by atoms with van der Waals surface area (Å²) in [5, 5.41) is 13.8. The van der Waals surface area contributed by atoms with Crippen LogP contribution in [0.25, 0.3) is 0 Å². The molecule has 0 aromatic heterocycles. The minimum absolute atomic E-state index is 0.0386. The van der Waals surface area contributed by atoms with E-state index in [9.17, 15) is 14.5 Å². The van der Waals surface area contributed by atoms with Crippen LogP contribution in [0.15, 0.2) is 24.3 Å². The Hall–Kier alpha value is -1.53. The SMILES string of the molecule is O=[N+]([O-])c1ccc([C@H](CF)N2CCNCC2)cc1. The van der Waals surface area contributed by atoms with Crippen molar-refractivity contribution in [2.75, 3.05) is 32.9 Å². The van der Waals surface area contributed by atoms with E-state index in [0.29, 0.717) is 0 Å². The molecule has 1 aromatic carbocycles. The molecule has 0 unspecified atom stereocenters. The molecular weight excluding hydrogens is 237 g/mol. The number of nitro groups is 1. The number of non-ortho nitro benzene ring substituents is 1. The Balaban J connectivity index is 2.13. The molecule has 1 N–H and O–H groups in total. The number of rotatable bonds is 4. The smallest absolute Gasteiger partial charge is 0.269 e. The van der Waals surface area contributed by atoms with Crippen LogP contribution in [-0.4, -0.2) is 42.7 Å². The normalized spacial score (nSPS) is 18.5. The van der Waals surface area contributed by atoms with E-state index in [-0.39, 0.29) is 11.7 Å². The van der Waals surface area contributed by atoms with Crippen molar-refractivity contribution < 1.29 is 9.31 Å². The quantitative estimate of drug-likeness (QED) is 0.652. The van der Waals surface area contributed by atoms with Gasteiger partial charge in [0.1, 0.15) is 6.67 Å². The summed E-state index contributed by atoms with van der Waals surface area (Å²) in [5.74, 6) is 0. The van der Waals surface area contributed by atoms with Crippen molar-refractivity contribution in [1.82, 2.24) is 10.2 Å². The lowest BCUT2D eigenvalue weighted by Crippen LogP contribution is -2.45. The third kappa shape index (κ3) is 2.83. The molecule has 0 bridgehead atoms. The Morgan fingerprint density at radius 3 is 2.44 bits per heavy atom. The average molecular weight is 253 g/mol. The Kier molecular flexibility index (Phi) is 4.22. The highest BCUT2D eigenvalue weighted by Gasteiger charge is 2.22. The fourth-order valence-corrected chi connectivity index (χ4v) is 2.21. The van der Waals surface area contributed by atoms with Crippen molar-refractivity contribution in [3.8, 4) is 0 Å². The van der Waals surface area contributed by atoms with E-state index in [4.69, 9.17) is 0 Å². The molecule has 18 heavy (non-hydrogen) atoms. The maximum Gasteiger partial charge on any atom is 0.269 e. The minimum atomic E-state index is -0.474. The topological polar surface area (TPSA) is 58.4 Å². The highest BCUT2D eigenvalue weighted by atomic mass is 19.1. The van der Waals surface area contributed by atoms with Crippen molar-refractivity contribution in [3.63, 3.8) is 0 Å². The van der Waals surface area contributed by atoms with Gasteiger partial charge in [-0.3, -0.25) is 15.0 Å². The molecule has 1 heterocycles. The fraction of sp³-hybridized carbons (Fsp3) is 0.500. The molecule has 1 atom stereocenters. The monoisotopic (exact) mass is 253 g/mol. The molecule has 5 nitrogen and oxygen atoms in total. The molecule has 6 heteroatoms. The van der Waals surface area contributed by atoms with Gasteiger partial charge in [0.15, 0.2) is 0 Å². The van der Waals surface area contributed by atoms with Crippen molar-refractivity contribution in [2.45, 2.75) is 6.04 Å². The minimum Gasteiger partial charge on any atom is -0.314 e. The fourth-order valence-electron chi connectivity index (χ4n) is 2.21. The number of halogens is 1. The van der Waals surface area contributed by atoms with Crippen LogP contribution in [0.1, 0.15) is 11.6 Å². The molecule has 1 saturated heterocycles. The third-order valence-electron chi connectivity index (χ3n) is 3.23. The number of hydrogen-bond acceptors (Lipinski definition) is 4. The highest BCUT2D eigenvalue weighted by molar-refractivity contribution is 5.34. The van der Waals surface area contributed by atoms with Crippen LogP contribution in [0.3, 0.4) is 0 Å². The Labute approximate surface area is 105 Å². The Morgan fingerprint density at radius 1 is 1.33 bits per heavy atom. The van der Waals surface area contributed by atoms with Gasteiger partial charge in [0, 0.05) is 38.3 Å². The van der Waals surface area contributed by atoms with Crippen LogP contribution in [0.4, 0.5) is 10.1 Å². The van der Waals surface area contributed by atoms with Gasteiger partial charge in [0.05, 0.1) is 11.0 Å². The van der Waals surface area contributed by atoms with E-state index in [2.05, 4.69) is 10.2 Å². The molecular formula is C12H16FN3O2. The summed E-state index contributed by atoms with van der Waals surface area (Å²) in [6, 6.07) is 5.85. The number of nitrogens with zero attached hydrogens (tertiary/aromatic N) is 2. The first kappa shape index (κ1) is 12.9. The summed E-state index contributed by atoms with van der Waals surface area (Å²) in [6.45, 7) is 2.82. The van der Waals surface area contributed by atoms with E-state index in [0.717, 1.165) is 31.7 Å². The van der Waals surface area contributed by atoms with E-state index >= 15 is 0 Å². The maximum absolute atomic E-state index is 13.2. The number of hydrogen-bond donors (Lipinski definition) is 1. The lowest BCUT2D eigenvalue weighted by atomic mass is 10.1. The number of nitro benzene ring substituents is 1. The molecule has 0 amide bonds. The molecule has 0 spiro atoms. The lowest BCUT2D eigenvalue weighted by Gasteiger charge is -2.33. The summed E-state index contributed by atoms with van der Waals surface area (Å²) in [4.78, 5) is 12.2. The predicted molar refractivity (Wildman–Crippen MR) is 66.3 cm³/mol. The lowest BCUT2D eigenvalue weighted by molar-refractivity contribution is -0.384. The van der Waals surface area contributed by atoms with Gasteiger partial charge in [0.25, 0.3) is 5.69 Å². The summed E-state index contributed by atoms with van der Waals surface area (Å²) in [7, 11) is 0. The first-order chi connectivity index (χ1) is 8.72. The summed E-state index contributed by atoms with van der Waals surface area (Å²) >= 11 is 0. The van der Waals surface area contributed by atoms with Crippen LogP contribution in [0, 0.1) is 10.1 Å². The summed E-state index contributed by atoms with van der Waals surface area (Å²) < 4.78 is 13.2. The van der Waals surface area contributed by atoms with E-state index in [1.807, 2.05) is 0 Å². The highest BCUT2D eigenvalue weighted by Crippen LogP contribution is 2.23. The van der Waals surface area contributed by atoms with Gasteiger partial charge in [-0.2, -0.15) is 0 Å². The molecule has 0 saturated carbocycles. The molecule has 2 rings (SSSR count). The van der Waals surface area contributed by atoms with E-state index in [1.165, 1.54) is 12.1 Å². The number of nitrogens with one attached hydrogen (secondary N) is 1. The summed E-state index contributed by atoms with van der Waals surface area (Å²) in [6.07, 6.45) is 0. The van der Waals surface area contributed by atoms with Crippen LogP contribution < -0.4 is 5.32 Å². The van der Waals surface area contributed by atoms with Crippen LogP contribution in [0.5, 0.6) is 0 Å². The van der Waals surface area contributed by atoms with Crippen molar-refractivity contribution in [1.29, 1.82) is 0 Å². The van der Waals surface area contributed by atoms with Crippen LogP contribution in [-0.2, 0) is 0 Å². The van der Waals surface area contributed by atoms with Gasteiger partial charge >= 0.3 is 0 Å². The molecule has 0 radical (unpaired) electrons. The first-order valence-corrected chi connectivity index (χ1v) is 5.97. The first-order valence-electron chi connectivity index (χ1n) is 5.97. The van der Waals surface area contributed by atoms with Crippen molar-refractivity contribution >= 4 is 5.69 Å². The zero-order valence-corrected chi connectivity index (χ0v) is 10.0. The summed E-state index contributed by atoms with van der Waals surface area (Å²) in [5.41, 5.74) is 0.835. The Morgan fingerprint density at radius 2 is 1.94 bits per heavy atom. The van der Waals surface area contributed by atoms with Gasteiger partial charge in [-0.15, -0.1) is 0 Å².